The summed E-state index contributed by atoms with van der Waals surface area (Å²) >= 11 is 0. The minimum atomic E-state index is -0.824. The summed E-state index contributed by atoms with van der Waals surface area (Å²) in [6, 6.07) is 15.0. The molecule has 2 aromatic carbocycles. The Morgan fingerprint density at radius 1 is 1.09 bits per heavy atom. The van der Waals surface area contributed by atoms with Crippen LogP contribution in [-0.2, 0) is 16.1 Å². The fraction of sp³-hybridized carbons (Fsp3) is 0.192. The monoisotopic (exact) mass is 446 g/mol. The molecule has 1 aromatic heterocycles. The first kappa shape index (κ1) is 22.2. The molecule has 1 aliphatic rings. The molecule has 4 rings (SSSR count). The minimum absolute atomic E-state index is 0.0438. The Morgan fingerprint density at radius 2 is 1.82 bits per heavy atom. The molecule has 0 spiro atoms. The Hall–Kier alpha value is -4.00. The van der Waals surface area contributed by atoms with Crippen LogP contribution in [0.1, 0.15) is 36.1 Å². The van der Waals surface area contributed by atoms with Crippen LogP contribution >= 0.6 is 0 Å². The van der Waals surface area contributed by atoms with E-state index in [1.807, 2.05) is 13.0 Å². The normalized spacial score (nSPS) is 17.4. The molecule has 1 saturated heterocycles. The zero-order chi connectivity index (χ0) is 23.4. The van der Waals surface area contributed by atoms with Crippen molar-refractivity contribution in [2.24, 2.45) is 0 Å². The standard InChI is InChI=1S/C26H23FN2O4/c1-2-14-33-21-11-7-18(8-12-21)23-22(24(30)19-5-9-20(27)10-6-19)25(31)26(32)29(23)16-17-4-3-13-28-15-17/h3-13,15,23,30H,2,14,16H2,1H3/b24-22+/t23-/m0/s1. The number of likely N-dealkylation sites (tertiary alicyclic amines) is 1. The second-order valence-corrected chi connectivity index (χ2v) is 7.71. The third-order valence-electron chi connectivity index (χ3n) is 5.40. The maximum absolute atomic E-state index is 13.4. The Labute approximate surface area is 191 Å². The van der Waals surface area contributed by atoms with E-state index in [4.69, 9.17) is 4.74 Å². The van der Waals surface area contributed by atoms with Gasteiger partial charge in [0.15, 0.2) is 0 Å². The lowest BCUT2D eigenvalue weighted by Crippen LogP contribution is -2.29. The first-order valence-electron chi connectivity index (χ1n) is 10.7. The maximum Gasteiger partial charge on any atom is 0.295 e. The zero-order valence-electron chi connectivity index (χ0n) is 18.1. The van der Waals surface area contributed by atoms with Gasteiger partial charge in [-0.15, -0.1) is 0 Å². The van der Waals surface area contributed by atoms with Crippen LogP contribution in [0.4, 0.5) is 4.39 Å². The van der Waals surface area contributed by atoms with Crippen molar-refractivity contribution in [1.29, 1.82) is 0 Å². The van der Waals surface area contributed by atoms with Crippen LogP contribution in [0.3, 0.4) is 0 Å². The molecule has 0 aliphatic carbocycles. The summed E-state index contributed by atoms with van der Waals surface area (Å²) in [5.41, 5.74) is 1.60. The molecule has 1 aliphatic heterocycles. The lowest BCUT2D eigenvalue weighted by molar-refractivity contribution is -0.140. The number of halogens is 1. The Morgan fingerprint density at radius 3 is 2.45 bits per heavy atom. The van der Waals surface area contributed by atoms with Crippen LogP contribution in [-0.4, -0.2) is 33.3 Å². The van der Waals surface area contributed by atoms with Crippen molar-refractivity contribution < 1.29 is 23.8 Å². The summed E-state index contributed by atoms with van der Waals surface area (Å²) in [7, 11) is 0. The molecule has 6 nitrogen and oxygen atoms in total. The number of ketones is 1. The van der Waals surface area contributed by atoms with Crippen molar-refractivity contribution in [2.45, 2.75) is 25.9 Å². The molecule has 0 radical (unpaired) electrons. The summed E-state index contributed by atoms with van der Waals surface area (Å²) in [6.45, 7) is 2.72. The quantitative estimate of drug-likeness (QED) is 0.325. The van der Waals surface area contributed by atoms with E-state index in [1.54, 1.807) is 42.7 Å². The summed E-state index contributed by atoms with van der Waals surface area (Å²) in [5, 5.41) is 11.0. The van der Waals surface area contributed by atoms with Crippen molar-refractivity contribution in [2.75, 3.05) is 6.61 Å². The number of aliphatic hydroxyl groups is 1. The molecule has 0 bridgehead atoms. The van der Waals surface area contributed by atoms with E-state index in [9.17, 15) is 19.1 Å². The average molecular weight is 446 g/mol. The lowest BCUT2D eigenvalue weighted by Gasteiger charge is -2.25. The zero-order valence-corrected chi connectivity index (χ0v) is 18.1. The molecule has 7 heteroatoms. The number of aliphatic hydroxyl groups excluding tert-OH is 1. The molecule has 1 amide bonds. The minimum Gasteiger partial charge on any atom is -0.507 e. The SMILES string of the molecule is CCCOc1ccc([C@H]2/C(=C(\O)c3ccc(F)cc3)C(=O)C(=O)N2Cc2cccnc2)cc1. The first-order valence-corrected chi connectivity index (χ1v) is 10.7. The number of hydrogen-bond acceptors (Lipinski definition) is 5. The molecular weight excluding hydrogens is 423 g/mol. The summed E-state index contributed by atoms with van der Waals surface area (Å²) < 4.78 is 19.0. The second kappa shape index (κ2) is 9.65. The van der Waals surface area contributed by atoms with Crippen LogP contribution in [0, 0.1) is 5.82 Å². The van der Waals surface area contributed by atoms with Gasteiger partial charge < -0.3 is 14.7 Å². The van der Waals surface area contributed by atoms with Gasteiger partial charge >= 0.3 is 0 Å². The largest absolute Gasteiger partial charge is 0.507 e. The highest BCUT2D eigenvalue weighted by molar-refractivity contribution is 6.46. The average Bonchev–Trinajstić information content (AvgIpc) is 3.08. The van der Waals surface area contributed by atoms with Gasteiger partial charge in [-0.1, -0.05) is 25.1 Å². The fourth-order valence-electron chi connectivity index (χ4n) is 3.81. The number of Topliss-reactive ketones (excluding diaryl/α,β-unsaturated/α-hetero) is 1. The number of benzene rings is 2. The van der Waals surface area contributed by atoms with E-state index >= 15 is 0 Å². The highest BCUT2D eigenvalue weighted by Crippen LogP contribution is 2.40. The molecule has 0 saturated carbocycles. The predicted molar refractivity (Wildman–Crippen MR) is 121 cm³/mol. The molecule has 2 heterocycles. The number of aromatic nitrogens is 1. The van der Waals surface area contributed by atoms with Crippen LogP contribution in [0.5, 0.6) is 5.75 Å². The van der Waals surface area contributed by atoms with Gasteiger partial charge in [-0.05, 0) is 60.0 Å². The Kier molecular flexibility index (Phi) is 6.49. The highest BCUT2D eigenvalue weighted by atomic mass is 19.1. The van der Waals surface area contributed by atoms with E-state index in [0.717, 1.165) is 12.0 Å². The molecule has 1 fully saturated rings. The van der Waals surface area contributed by atoms with Gasteiger partial charge in [-0.2, -0.15) is 0 Å². The fourth-order valence-corrected chi connectivity index (χ4v) is 3.81. The van der Waals surface area contributed by atoms with Crippen molar-refractivity contribution in [3.05, 3.63) is 101 Å². The molecule has 3 aromatic rings. The van der Waals surface area contributed by atoms with Crippen molar-refractivity contribution in [3.63, 3.8) is 0 Å². The number of hydrogen-bond donors (Lipinski definition) is 1. The number of rotatable bonds is 7. The van der Waals surface area contributed by atoms with Gasteiger partial charge in [-0.3, -0.25) is 14.6 Å². The summed E-state index contributed by atoms with van der Waals surface area (Å²) in [6.07, 6.45) is 4.11. The van der Waals surface area contributed by atoms with Crippen LogP contribution in [0.15, 0.2) is 78.6 Å². The summed E-state index contributed by atoms with van der Waals surface area (Å²) in [4.78, 5) is 31.6. The predicted octanol–water partition coefficient (Wildman–Crippen LogP) is 4.63. The van der Waals surface area contributed by atoms with Crippen molar-refractivity contribution in [1.82, 2.24) is 9.88 Å². The smallest absolute Gasteiger partial charge is 0.295 e. The Bertz CT molecular complexity index is 1180. The third-order valence-corrected chi connectivity index (χ3v) is 5.40. The van der Waals surface area contributed by atoms with Crippen LogP contribution in [0.2, 0.25) is 0 Å². The topological polar surface area (TPSA) is 79.7 Å². The number of pyridine rings is 1. The van der Waals surface area contributed by atoms with E-state index in [2.05, 4.69) is 4.98 Å². The van der Waals surface area contributed by atoms with Crippen LogP contribution in [0.25, 0.3) is 5.76 Å². The van der Waals surface area contributed by atoms with Gasteiger partial charge in [0.1, 0.15) is 17.3 Å². The van der Waals surface area contributed by atoms with Gasteiger partial charge in [0, 0.05) is 24.5 Å². The van der Waals surface area contributed by atoms with E-state index in [1.165, 1.54) is 29.2 Å². The van der Waals surface area contributed by atoms with E-state index < -0.39 is 23.5 Å². The third kappa shape index (κ3) is 4.62. The van der Waals surface area contributed by atoms with Crippen LogP contribution < -0.4 is 4.74 Å². The molecule has 168 valence electrons. The number of amides is 1. The summed E-state index contributed by atoms with van der Waals surface area (Å²) in [5.74, 6) is -1.67. The van der Waals surface area contributed by atoms with Gasteiger partial charge in [0.2, 0.25) is 0 Å². The van der Waals surface area contributed by atoms with Crippen molar-refractivity contribution in [3.8, 4) is 5.75 Å². The molecule has 33 heavy (non-hydrogen) atoms. The van der Waals surface area contributed by atoms with Gasteiger partial charge in [0.05, 0.1) is 18.2 Å². The second-order valence-electron chi connectivity index (χ2n) is 7.71. The van der Waals surface area contributed by atoms with Crippen molar-refractivity contribution >= 4 is 17.4 Å². The molecule has 1 atom stereocenters. The number of ether oxygens (including phenoxy) is 1. The van der Waals surface area contributed by atoms with Gasteiger partial charge in [0.25, 0.3) is 11.7 Å². The number of carbonyl (C=O) groups is 2. The highest BCUT2D eigenvalue weighted by Gasteiger charge is 2.46. The maximum atomic E-state index is 13.4. The Balaban J connectivity index is 1.80. The lowest BCUT2D eigenvalue weighted by atomic mass is 9.95. The number of carbonyl (C=O) groups excluding carboxylic acids is 2. The molecule has 1 N–H and O–H groups in total. The van der Waals surface area contributed by atoms with E-state index in [0.29, 0.717) is 17.9 Å². The van der Waals surface area contributed by atoms with Gasteiger partial charge in [-0.25, -0.2) is 4.39 Å². The molecule has 0 unspecified atom stereocenters. The number of nitrogens with zero attached hydrogens (tertiary/aromatic N) is 2. The van der Waals surface area contributed by atoms with E-state index in [-0.39, 0.29) is 23.4 Å². The molecular formula is C26H23FN2O4. The first-order chi connectivity index (χ1) is 16.0.